The Morgan fingerprint density at radius 2 is 2.14 bits per heavy atom. The molecule has 1 N–H and O–H groups in total. The fraction of sp³-hybridized carbons (Fsp3) is 0.706. The molecule has 1 aliphatic heterocycles. The van der Waals surface area contributed by atoms with Gasteiger partial charge in [0.25, 0.3) is 5.91 Å². The van der Waals surface area contributed by atoms with Crippen LogP contribution in [0.15, 0.2) is 6.07 Å². The van der Waals surface area contributed by atoms with E-state index in [0.717, 1.165) is 43.7 Å². The minimum atomic E-state index is 0. The predicted molar refractivity (Wildman–Crippen MR) is 94.1 cm³/mol. The van der Waals surface area contributed by atoms with Crippen molar-refractivity contribution >= 4 is 18.3 Å². The van der Waals surface area contributed by atoms with Crippen molar-refractivity contribution in [1.82, 2.24) is 14.8 Å². The summed E-state index contributed by atoms with van der Waals surface area (Å²) >= 11 is 0. The summed E-state index contributed by atoms with van der Waals surface area (Å²) in [6, 6.07) is 2.79. The van der Waals surface area contributed by atoms with E-state index in [1.807, 2.05) is 0 Å². The molecule has 2 rings (SSSR count). The Morgan fingerprint density at radius 3 is 2.59 bits per heavy atom. The minimum Gasteiger partial charge on any atom is -0.346 e. The van der Waals surface area contributed by atoms with E-state index in [0.29, 0.717) is 12.1 Å². The Morgan fingerprint density at radius 1 is 1.45 bits per heavy atom. The molecule has 0 bridgehead atoms. The molecule has 0 aliphatic carbocycles. The fourth-order valence-corrected chi connectivity index (χ4v) is 3.54. The molecule has 4 nitrogen and oxygen atoms in total. The standard InChI is InChI=1S/C17H29N3O.ClH/c1-6-9-19(15-7-8-18-11-15)17(21)16-10-13(4)20(12(2)3)14(16)5;/h10,12,15,18H,6-9,11H2,1-5H3;1H. The van der Waals surface area contributed by atoms with Gasteiger partial charge in [0, 0.05) is 36.6 Å². The first-order valence-electron chi connectivity index (χ1n) is 8.17. The van der Waals surface area contributed by atoms with Crippen LogP contribution in [0.3, 0.4) is 0 Å². The number of aromatic nitrogens is 1. The Hall–Kier alpha value is -1.00. The molecule has 22 heavy (non-hydrogen) atoms. The number of hydrogen-bond acceptors (Lipinski definition) is 2. The van der Waals surface area contributed by atoms with E-state index in [4.69, 9.17) is 0 Å². The number of nitrogens with zero attached hydrogens (tertiary/aromatic N) is 2. The van der Waals surface area contributed by atoms with Gasteiger partial charge in [-0.25, -0.2) is 0 Å². The van der Waals surface area contributed by atoms with Crippen molar-refractivity contribution in [3.63, 3.8) is 0 Å². The number of aryl methyl sites for hydroxylation is 1. The quantitative estimate of drug-likeness (QED) is 0.900. The number of hydrogen-bond donors (Lipinski definition) is 1. The molecule has 1 saturated heterocycles. The van der Waals surface area contributed by atoms with Gasteiger partial charge in [-0.1, -0.05) is 6.92 Å². The molecule has 1 unspecified atom stereocenters. The summed E-state index contributed by atoms with van der Waals surface area (Å²) < 4.78 is 2.25. The van der Waals surface area contributed by atoms with Crippen molar-refractivity contribution in [3.05, 3.63) is 23.0 Å². The van der Waals surface area contributed by atoms with E-state index >= 15 is 0 Å². The average Bonchev–Trinajstić information content (AvgIpc) is 3.03. The number of carbonyl (C=O) groups is 1. The lowest BCUT2D eigenvalue weighted by Crippen LogP contribution is -2.42. The van der Waals surface area contributed by atoms with Gasteiger partial charge in [0.1, 0.15) is 0 Å². The van der Waals surface area contributed by atoms with Gasteiger partial charge in [0.05, 0.1) is 5.56 Å². The maximum atomic E-state index is 13.0. The number of rotatable bonds is 5. The van der Waals surface area contributed by atoms with Crippen molar-refractivity contribution in [2.45, 2.75) is 59.5 Å². The van der Waals surface area contributed by atoms with Gasteiger partial charge < -0.3 is 14.8 Å². The van der Waals surface area contributed by atoms with Crippen molar-refractivity contribution in [1.29, 1.82) is 0 Å². The molecular weight excluding hydrogens is 298 g/mol. The van der Waals surface area contributed by atoms with Crippen molar-refractivity contribution in [3.8, 4) is 0 Å². The monoisotopic (exact) mass is 327 g/mol. The smallest absolute Gasteiger partial charge is 0.255 e. The summed E-state index contributed by atoms with van der Waals surface area (Å²) in [5.41, 5.74) is 3.15. The lowest BCUT2D eigenvalue weighted by molar-refractivity contribution is 0.0691. The van der Waals surface area contributed by atoms with Gasteiger partial charge in [0.2, 0.25) is 0 Å². The molecule has 0 spiro atoms. The zero-order chi connectivity index (χ0) is 15.6. The van der Waals surface area contributed by atoms with E-state index in [2.05, 4.69) is 55.5 Å². The maximum absolute atomic E-state index is 13.0. The van der Waals surface area contributed by atoms with Crippen LogP contribution in [0.1, 0.15) is 61.4 Å². The van der Waals surface area contributed by atoms with Gasteiger partial charge >= 0.3 is 0 Å². The summed E-state index contributed by atoms with van der Waals surface area (Å²) in [4.78, 5) is 15.1. The molecular formula is C17H30ClN3O. The predicted octanol–water partition coefficient (Wildman–Crippen LogP) is 3.32. The van der Waals surface area contributed by atoms with Crippen LogP contribution in [-0.4, -0.2) is 41.1 Å². The van der Waals surface area contributed by atoms with Gasteiger partial charge in [-0.05, 0) is 53.1 Å². The Balaban J connectivity index is 0.00000242. The van der Waals surface area contributed by atoms with Crippen LogP contribution in [-0.2, 0) is 0 Å². The van der Waals surface area contributed by atoms with Crippen LogP contribution in [0, 0.1) is 13.8 Å². The molecule has 1 amide bonds. The SMILES string of the molecule is CCCN(C(=O)c1cc(C)n(C(C)C)c1C)C1CCNC1.Cl. The maximum Gasteiger partial charge on any atom is 0.255 e. The highest BCUT2D eigenvalue weighted by atomic mass is 35.5. The highest BCUT2D eigenvalue weighted by Crippen LogP contribution is 2.23. The highest BCUT2D eigenvalue weighted by Gasteiger charge is 2.29. The van der Waals surface area contributed by atoms with Crippen molar-refractivity contribution in [2.24, 2.45) is 0 Å². The van der Waals surface area contributed by atoms with E-state index in [-0.39, 0.29) is 18.3 Å². The minimum absolute atomic E-state index is 0. The average molecular weight is 328 g/mol. The van der Waals surface area contributed by atoms with Crippen LogP contribution < -0.4 is 5.32 Å². The summed E-state index contributed by atoms with van der Waals surface area (Å²) in [6.45, 7) is 13.4. The molecule has 126 valence electrons. The van der Waals surface area contributed by atoms with E-state index in [9.17, 15) is 4.79 Å². The molecule has 1 atom stereocenters. The lowest BCUT2D eigenvalue weighted by Gasteiger charge is -2.28. The highest BCUT2D eigenvalue weighted by molar-refractivity contribution is 5.96. The van der Waals surface area contributed by atoms with Gasteiger partial charge in [-0.2, -0.15) is 0 Å². The zero-order valence-corrected chi connectivity index (χ0v) is 15.3. The van der Waals surface area contributed by atoms with Crippen molar-refractivity contribution in [2.75, 3.05) is 19.6 Å². The van der Waals surface area contributed by atoms with Crippen LogP contribution >= 0.6 is 12.4 Å². The number of halogens is 1. The summed E-state index contributed by atoms with van der Waals surface area (Å²) in [6.07, 6.45) is 2.07. The first-order chi connectivity index (χ1) is 9.97. The first-order valence-corrected chi connectivity index (χ1v) is 8.17. The van der Waals surface area contributed by atoms with E-state index < -0.39 is 0 Å². The third-order valence-electron chi connectivity index (χ3n) is 4.43. The largest absolute Gasteiger partial charge is 0.346 e. The molecule has 1 fully saturated rings. The summed E-state index contributed by atoms with van der Waals surface area (Å²) in [5, 5.41) is 3.37. The second-order valence-electron chi connectivity index (χ2n) is 6.39. The van der Waals surface area contributed by atoms with E-state index in [1.54, 1.807) is 0 Å². The molecule has 1 aliphatic rings. The summed E-state index contributed by atoms with van der Waals surface area (Å²) in [5.74, 6) is 0.200. The molecule has 1 aromatic rings. The first kappa shape index (κ1) is 19.0. The second kappa shape index (κ2) is 8.02. The molecule has 0 saturated carbocycles. The lowest BCUT2D eigenvalue weighted by atomic mass is 10.1. The molecule has 0 radical (unpaired) electrons. The van der Waals surface area contributed by atoms with Gasteiger partial charge in [-0.15, -0.1) is 12.4 Å². The molecule has 2 heterocycles. The fourth-order valence-electron chi connectivity index (χ4n) is 3.54. The number of carbonyl (C=O) groups excluding carboxylic acids is 1. The van der Waals surface area contributed by atoms with Crippen LogP contribution in [0.25, 0.3) is 0 Å². The van der Waals surface area contributed by atoms with Crippen LogP contribution in [0.4, 0.5) is 0 Å². The van der Waals surface area contributed by atoms with Crippen LogP contribution in [0.5, 0.6) is 0 Å². The normalized spacial score (nSPS) is 17.6. The molecule has 5 heteroatoms. The molecule has 1 aromatic heterocycles. The third kappa shape index (κ3) is 3.66. The topological polar surface area (TPSA) is 37.3 Å². The van der Waals surface area contributed by atoms with Gasteiger partial charge in [-0.3, -0.25) is 4.79 Å². The zero-order valence-electron chi connectivity index (χ0n) is 14.5. The van der Waals surface area contributed by atoms with Crippen molar-refractivity contribution < 1.29 is 4.79 Å². The van der Waals surface area contributed by atoms with Crippen LogP contribution in [0.2, 0.25) is 0 Å². The Kier molecular flexibility index (Phi) is 6.95. The van der Waals surface area contributed by atoms with Gasteiger partial charge in [0.15, 0.2) is 0 Å². The number of amides is 1. The summed E-state index contributed by atoms with van der Waals surface area (Å²) in [7, 11) is 0. The third-order valence-corrected chi connectivity index (χ3v) is 4.43. The van der Waals surface area contributed by atoms with E-state index in [1.165, 1.54) is 5.69 Å². The number of nitrogens with one attached hydrogen (secondary N) is 1. The Labute approximate surface area is 140 Å². The second-order valence-corrected chi connectivity index (χ2v) is 6.39. The molecule has 0 aromatic carbocycles. The Bertz CT molecular complexity index is 504.